The molecular weight excluding hydrogens is 284 g/mol. The van der Waals surface area contributed by atoms with Crippen LogP contribution in [0.1, 0.15) is 6.92 Å². The van der Waals surface area contributed by atoms with Crippen molar-refractivity contribution >= 4 is 46.5 Å². The third kappa shape index (κ3) is 3.95. The standard InChI is InChI=1S/C11H12Cl3NO2/c1-6(11(16)17-2)5-15-10-4-8(13)7(12)3-9(10)14/h3-4,6,15H,5H2,1-2H3. The summed E-state index contributed by atoms with van der Waals surface area (Å²) >= 11 is 17.6. The molecule has 0 aliphatic carbocycles. The molecule has 0 aliphatic rings. The first-order valence-corrected chi connectivity index (χ1v) is 6.05. The monoisotopic (exact) mass is 295 g/mol. The maximum Gasteiger partial charge on any atom is 0.310 e. The minimum atomic E-state index is -0.284. The Balaban J connectivity index is 2.70. The average Bonchev–Trinajstić information content (AvgIpc) is 2.30. The third-order valence-corrected chi connectivity index (χ3v) is 3.25. The molecule has 0 radical (unpaired) electrons. The SMILES string of the molecule is COC(=O)C(C)CNc1cc(Cl)c(Cl)cc1Cl. The van der Waals surface area contributed by atoms with Gasteiger partial charge in [0.25, 0.3) is 0 Å². The van der Waals surface area contributed by atoms with Gasteiger partial charge >= 0.3 is 5.97 Å². The molecule has 0 aromatic heterocycles. The zero-order valence-electron chi connectivity index (χ0n) is 9.39. The van der Waals surface area contributed by atoms with Gasteiger partial charge in [0.2, 0.25) is 0 Å². The summed E-state index contributed by atoms with van der Waals surface area (Å²) < 4.78 is 4.61. The van der Waals surface area contributed by atoms with Crippen molar-refractivity contribution in [3.63, 3.8) is 0 Å². The number of hydrogen-bond acceptors (Lipinski definition) is 3. The molecule has 17 heavy (non-hydrogen) atoms. The Morgan fingerprint density at radius 3 is 2.47 bits per heavy atom. The molecule has 1 aromatic rings. The molecule has 0 heterocycles. The van der Waals surface area contributed by atoms with Crippen molar-refractivity contribution in [2.45, 2.75) is 6.92 Å². The summed E-state index contributed by atoms with van der Waals surface area (Å²) in [5, 5.41) is 4.27. The van der Waals surface area contributed by atoms with E-state index in [1.165, 1.54) is 7.11 Å². The molecule has 0 bridgehead atoms. The van der Waals surface area contributed by atoms with E-state index in [-0.39, 0.29) is 11.9 Å². The van der Waals surface area contributed by atoms with E-state index in [2.05, 4.69) is 10.1 Å². The molecule has 1 aromatic carbocycles. The van der Waals surface area contributed by atoms with Gasteiger partial charge in [-0.15, -0.1) is 0 Å². The predicted molar refractivity (Wildman–Crippen MR) is 71.1 cm³/mol. The third-order valence-electron chi connectivity index (χ3n) is 2.21. The van der Waals surface area contributed by atoms with Gasteiger partial charge in [0.15, 0.2) is 0 Å². The Morgan fingerprint density at radius 1 is 1.29 bits per heavy atom. The van der Waals surface area contributed by atoms with E-state index in [1.807, 2.05) is 0 Å². The number of benzene rings is 1. The molecule has 1 N–H and O–H groups in total. The number of nitrogens with one attached hydrogen (secondary N) is 1. The van der Waals surface area contributed by atoms with Gasteiger partial charge in [-0.25, -0.2) is 0 Å². The molecule has 1 atom stereocenters. The largest absolute Gasteiger partial charge is 0.469 e. The summed E-state index contributed by atoms with van der Waals surface area (Å²) in [5.41, 5.74) is 0.636. The molecule has 0 saturated heterocycles. The molecular formula is C11H12Cl3NO2. The van der Waals surface area contributed by atoms with E-state index < -0.39 is 0 Å². The van der Waals surface area contributed by atoms with E-state index in [0.717, 1.165) is 0 Å². The summed E-state index contributed by atoms with van der Waals surface area (Å²) in [4.78, 5) is 11.2. The summed E-state index contributed by atoms with van der Waals surface area (Å²) in [6.07, 6.45) is 0. The maximum atomic E-state index is 11.2. The number of anilines is 1. The molecule has 0 saturated carbocycles. The van der Waals surface area contributed by atoms with E-state index in [1.54, 1.807) is 19.1 Å². The van der Waals surface area contributed by atoms with Gasteiger partial charge in [0.1, 0.15) is 0 Å². The van der Waals surface area contributed by atoms with Crippen molar-refractivity contribution in [3.8, 4) is 0 Å². The quantitative estimate of drug-likeness (QED) is 0.677. The lowest BCUT2D eigenvalue weighted by atomic mass is 10.2. The van der Waals surface area contributed by atoms with Crippen molar-refractivity contribution in [2.24, 2.45) is 5.92 Å². The maximum absolute atomic E-state index is 11.2. The zero-order chi connectivity index (χ0) is 13.0. The summed E-state index contributed by atoms with van der Waals surface area (Å²) in [5.74, 6) is -0.556. The van der Waals surface area contributed by atoms with Crippen LogP contribution < -0.4 is 5.32 Å². The lowest BCUT2D eigenvalue weighted by molar-refractivity contribution is -0.144. The Labute approximate surface area is 115 Å². The topological polar surface area (TPSA) is 38.3 Å². The van der Waals surface area contributed by atoms with Crippen LogP contribution in [0, 0.1) is 5.92 Å². The van der Waals surface area contributed by atoms with Gasteiger partial charge in [-0.2, -0.15) is 0 Å². The molecule has 1 unspecified atom stereocenters. The van der Waals surface area contributed by atoms with Crippen LogP contribution in [-0.4, -0.2) is 19.6 Å². The van der Waals surface area contributed by atoms with E-state index in [9.17, 15) is 4.79 Å². The molecule has 0 fully saturated rings. The van der Waals surface area contributed by atoms with Gasteiger partial charge in [0.05, 0.1) is 33.8 Å². The second-order valence-corrected chi connectivity index (χ2v) is 4.77. The molecule has 0 aliphatic heterocycles. The van der Waals surface area contributed by atoms with E-state index in [0.29, 0.717) is 27.3 Å². The summed E-state index contributed by atoms with van der Waals surface area (Å²) in [7, 11) is 1.35. The van der Waals surface area contributed by atoms with Crippen LogP contribution in [0.2, 0.25) is 15.1 Å². The second-order valence-electron chi connectivity index (χ2n) is 3.55. The van der Waals surface area contributed by atoms with Crippen molar-refractivity contribution in [2.75, 3.05) is 19.0 Å². The number of halogens is 3. The van der Waals surface area contributed by atoms with Crippen LogP contribution >= 0.6 is 34.8 Å². The first-order chi connectivity index (χ1) is 7.95. The van der Waals surface area contributed by atoms with Crippen LogP contribution in [0.4, 0.5) is 5.69 Å². The minimum Gasteiger partial charge on any atom is -0.469 e. The zero-order valence-corrected chi connectivity index (χ0v) is 11.7. The first kappa shape index (κ1) is 14.4. The first-order valence-electron chi connectivity index (χ1n) is 4.92. The minimum absolute atomic E-state index is 0.273. The average molecular weight is 297 g/mol. The van der Waals surface area contributed by atoms with Gasteiger partial charge in [-0.3, -0.25) is 4.79 Å². The van der Waals surface area contributed by atoms with Gasteiger partial charge in [0, 0.05) is 6.54 Å². The van der Waals surface area contributed by atoms with Crippen molar-refractivity contribution < 1.29 is 9.53 Å². The predicted octanol–water partition coefficient (Wildman–Crippen LogP) is 3.87. The molecule has 1 rings (SSSR count). The number of hydrogen-bond donors (Lipinski definition) is 1. The second kappa shape index (κ2) is 6.34. The Hall–Kier alpha value is -0.640. The lowest BCUT2D eigenvalue weighted by Gasteiger charge is -2.13. The van der Waals surface area contributed by atoms with Crippen molar-refractivity contribution in [3.05, 3.63) is 27.2 Å². The Kier molecular flexibility index (Phi) is 5.37. The molecule has 0 amide bonds. The van der Waals surface area contributed by atoms with Crippen LogP contribution in [-0.2, 0) is 9.53 Å². The van der Waals surface area contributed by atoms with Crippen LogP contribution in [0.15, 0.2) is 12.1 Å². The summed E-state index contributed by atoms with van der Waals surface area (Å²) in [6, 6.07) is 3.17. The normalized spacial score (nSPS) is 12.1. The highest BCUT2D eigenvalue weighted by atomic mass is 35.5. The highest BCUT2D eigenvalue weighted by molar-refractivity contribution is 6.44. The Bertz CT molecular complexity index is 423. The smallest absolute Gasteiger partial charge is 0.310 e. The number of rotatable bonds is 4. The van der Waals surface area contributed by atoms with Crippen LogP contribution in [0.5, 0.6) is 0 Å². The molecule has 94 valence electrons. The number of ether oxygens (including phenoxy) is 1. The number of esters is 1. The summed E-state index contributed by atoms with van der Waals surface area (Å²) in [6.45, 7) is 2.16. The Morgan fingerprint density at radius 2 is 1.88 bits per heavy atom. The molecule has 6 heteroatoms. The number of carbonyl (C=O) groups is 1. The number of carbonyl (C=O) groups excluding carboxylic acids is 1. The van der Waals surface area contributed by atoms with Crippen LogP contribution in [0.3, 0.4) is 0 Å². The van der Waals surface area contributed by atoms with Crippen LogP contribution in [0.25, 0.3) is 0 Å². The lowest BCUT2D eigenvalue weighted by Crippen LogP contribution is -2.21. The highest BCUT2D eigenvalue weighted by Gasteiger charge is 2.13. The fourth-order valence-corrected chi connectivity index (χ4v) is 1.82. The van der Waals surface area contributed by atoms with E-state index in [4.69, 9.17) is 34.8 Å². The fraction of sp³-hybridized carbons (Fsp3) is 0.364. The van der Waals surface area contributed by atoms with Crippen molar-refractivity contribution in [1.29, 1.82) is 0 Å². The van der Waals surface area contributed by atoms with Gasteiger partial charge in [-0.1, -0.05) is 41.7 Å². The number of methoxy groups -OCH3 is 1. The molecule has 0 spiro atoms. The highest BCUT2D eigenvalue weighted by Crippen LogP contribution is 2.32. The van der Waals surface area contributed by atoms with Crippen molar-refractivity contribution in [1.82, 2.24) is 0 Å². The van der Waals surface area contributed by atoms with Gasteiger partial charge < -0.3 is 10.1 Å². The molecule has 3 nitrogen and oxygen atoms in total. The van der Waals surface area contributed by atoms with E-state index >= 15 is 0 Å². The fourth-order valence-electron chi connectivity index (χ4n) is 1.21. The van der Waals surface area contributed by atoms with Gasteiger partial charge in [-0.05, 0) is 12.1 Å².